The number of aryl methyl sites for hydroxylation is 1. The molecular formula is C23H25N3O. The van der Waals surface area contributed by atoms with Crippen LogP contribution in [0.2, 0.25) is 0 Å². The number of rotatable bonds is 6. The lowest BCUT2D eigenvalue weighted by Crippen LogP contribution is -2.12. The fourth-order valence-corrected chi connectivity index (χ4v) is 3.19. The predicted octanol–water partition coefficient (Wildman–Crippen LogP) is 4.86. The molecule has 0 aliphatic heterocycles. The number of pyridine rings is 1. The van der Waals surface area contributed by atoms with Gasteiger partial charge >= 0.3 is 0 Å². The quantitative estimate of drug-likeness (QED) is 0.388. The fourth-order valence-electron chi connectivity index (χ4n) is 3.19. The Balaban J connectivity index is 1.98. The molecule has 138 valence electrons. The molecule has 0 spiro atoms. The summed E-state index contributed by atoms with van der Waals surface area (Å²) < 4.78 is 0. The molecule has 27 heavy (non-hydrogen) atoms. The predicted molar refractivity (Wildman–Crippen MR) is 111 cm³/mol. The first kappa shape index (κ1) is 18.6. The number of anilines is 1. The number of oxime groups is 1. The standard InChI is InChI=1S/C23H25N3O/c1-17-4-6-18(7-5-17)22(19-8-10-21(11-9-19)26(2)3)16-23(25-27)20-12-14-24-15-13-20/h4-15,22,27H,16H2,1-3H3/b25-23+/t22-/m1/s1. The molecule has 0 bridgehead atoms. The van der Waals surface area contributed by atoms with E-state index in [1.54, 1.807) is 12.4 Å². The second-order valence-electron chi connectivity index (χ2n) is 6.94. The van der Waals surface area contributed by atoms with E-state index >= 15 is 0 Å². The molecule has 4 heteroatoms. The molecule has 1 N–H and O–H groups in total. The van der Waals surface area contributed by atoms with Gasteiger partial charge in [-0.3, -0.25) is 4.98 Å². The lowest BCUT2D eigenvalue weighted by atomic mass is 9.85. The Kier molecular flexibility index (Phi) is 5.87. The zero-order valence-electron chi connectivity index (χ0n) is 16.0. The minimum absolute atomic E-state index is 0.0980. The molecular weight excluding hydrogens is 334 g/mol. The summed E-state index contributed by atoms with van der Waals surface area (Å²) in [5.74, 6) is 0.0980. The number of benzene rings is 2. The Morgan fingerprint density at radius 1 is 0.926 bits per heavy atom. The van der Waals surface area contributed by atoms with Gasteiger partial charge in [0, 0.05) is 50.1 Å². The second kappa shape index (κ2) is 8.49. The van der Waals surface area contributed by atoms with Crippen LogP contribution in [0.3, 0.4) is 0 Å². The lowest BCUT2D eigenvalue weighted by Gasteiger charge is -2.20. The van der Waals surface area contributed by atoms with Crippen LogP contribution in [0.5, 0.6) is 0 Å². The summed E-state index contributed by atoms with van der Waals surface area (Å²) >= 11 is 0. The molecule has 2 aromatic carbocycles. The molecule has 3 rings (SSSR count). The van der Waals surface area contributed by atoms with Crippen LogP contribution < -0.4 is 4.90 Å². The van der Waals surface area contributed by atoms with E-state index in [4.69, 9.17) is 0 Å². The summed E-state index contributed by atoms with van der Waals surface area (Å²) in [5, 5.41) is 13.2. The minimum atomic E-state index is 0.0980. The Morgan fingerprint density at radius 3 is 2.00 bits per heavy atom. The molecule has 1 atom stereocenters. The Labute approximate surface area is 160 Å². The average Bonchev–Trinajstić information content (AvgIpc) is 2.71. The van der Waals surface area contributed by atoms with E-state index in [1.807, 2.05) is 26.2 Å². The Hall–Kier alpha value is -3.14. The summed E-state index contributed by atoms with van der Waals surface area (Å²) in [6.07, 6.45) is 4.03. The first-order chi connectivity index (χ1) is 13.1. The molecule has 0 saturated heterocycles. The van der Waals surface area contributed by atoms with Gasteiger partial charge in [0.2, 0.25) is 0 Å². The van der Waals surface area contributed by atoms with Crippen molar-refractivity contribution < 1.29 is 5.21 Å². The van der Waals surface area contributed by atoms with Crippen LogP contribution in [-0.2, 0) is 0 Å². The zero-order chi connectivity index (χ0) is 19.2. The smallest absolute Gasteiger partial charge is 0.0878 e. The van der Waals surface area contributed by atoms with Crippen molar-refractivity contribution in [3.8, 4) is 0 Å². The van der Waals surface area contributed by atoms with Crippen molar-refractivity contribution in [3.05, 3.63) is 95.3 Å². The Bertz CT molecular complexity index is 885. The van der Waals surface area contributed by atoms with Gasteiger partial charge < -0.3 is 10.1 Å². The van der Waals surface area contributed by atoms with E-state index in [2.05, 4.69) is 70.5 Å². The average molecular weight is 359 g/mol. The molecule has 0 unspecified atom stereocenters. The van der Waals surface area contributed by atoms with Crippen molar-refractivity contribution in [2.75, 3.05) is 19.0 Å². The molecule has 1 aromatic heterocycles. The minimum Gasteiger partial charge on any atom is -0.411 e. The van der Waals surface area contributed by atoms with Crippen LogP contribution in [0.15, 0.2) is 78.2 Å². The molecule has 3 aromatic rings. The highest BCUT2D eigenvalue weighted by molar-refractivity contribution is 6.00. The van der Waals surface area contributed by atoms with Crippen molar-refractivity contribution in [1.82, 2.24) is 4.98 Å². The van der Waals surface area contributed by atoms with Crippen molar-refractivity contribution in [2.45, 2.75) is 19.3 Å². The SMILES string of the molecule is Cc1ccc([C@@H](C/C(=N\O)c2ccncc2)c2ccc(N(C)C)cc2)cc1. The molecule has 0 fully saturated rings. The van der Waals surface area contributed by atoms with Crippen LogP contribution in [0, 0.1) is 6.92 Å². The summed E-state index contributed by atoms with van der Waals surface area (Å²) in [7, 11) is 4.07. The topological polar surface area (TPSA) is 48.7 Å². The van der Waals surface area contributed by atoms with Crippen LogP contribution in [0.25, 0.3) is 0 Å². The van der Waals surface area contributed by atoms with Gasteiger partial charge in [-0.25, -0.2) is 0 Å². The highest BCUT2D eigenvalue weighted by Gasteiger charge is 2.19. The third-order valence-corrected chi connectivity index (χ3v) is 4.82. The molecule has 0 amide bonds. The molecule has 0 radical (unpaired) electrons. The fraction of sp³-hybridized carbons (Fsp3) is 0.217. The van der Waals surface area contributed by atoms with E-state index < -0.39 is 0 Å². The van der Waals surface area contributed by atoms with E-state index in [0.717, 1.165) is 11.3 Å². The molecule has 0 aliphatic carbocycles. The maximum absolute atomic E-state index is 9.64. The van der Waals surface area contributed by atoms with E-state index in [9.17, 15) is 5.21 Å². The first-order valence-corrected chi connectivity index (χ1v) is 9.03. The zero-order valence-corrected chi connectivity index (χ0v) is 16.0. The molecule has 4 nitrogen and oxygen atoms in total. The summed E-state index contributed by atoms with van der Waals surface area (Å²) in [6.45, 7) is 2.09. The Morgan fingerprint density at radius 2 is 1.48 bits per heavy atom. The summed E-state index contributed by atoms with van der Waals surface area (Å²) in [6, 6.07) is 20.9. The van der Waals surface area contributed by atoms with E-state index in [-0.39, 0.29) is 5.92 Å². The van der Waals surface area contributed by atoms with Gasteiger partial charge in [-0.05, 0) is 42.3 Å². The van der Waals surface area contributed by atoms with Gasteiger partial charge in [-0.15, -0.1) is 0 Å². The van der Waals surface area contributed by atoms with Gasteiger partial charge in [0.25, 0.3) is 0 Å². The van der Waals surface area contributed by atoms with Gasteiger partial charge in [-0.1, -0.05) is 47.1 Å². The highest BCUT2D eigenvalue weighted by Crippen LogP contribution is 2.31. The van der Waals surface area contributed by atoms with Crippen molar-refractivity contribution in [1.29, 1.82) is 0 Å². The van der Waals surface area contributed by atoms with Crippen LogP contribution >= 0.6 is 0 Å². The van der Waals surface area contributed by atoms with Crippen molar-refractivity contribution >= 4 is 11.4 Å². The second-order valence-corrected chi connectivity index (χ2v) is 6.94. The molecule has 0 aliphatic rings. The van der Waals surface area contributed by atoms with E-state index in [1.165, 1.54) is 16.7 Å². The molecule has 0 saturated carbocycles. The third-order valence-electron chi connectivity index (χ3n) is 4.82. The van der Waals surface area contributed by atoms with Gasteiger partial charge in [0.15, 0.2) is 0 Å². The number of hydrogen-bond donors (Lipinski definition) is 1. The lowest BCUT2D eigenvalue weighted by molar-refractivity contribution is 0.317. The van der Waals surface area contributed by atoms with Gasteiger partial charge in [-0.2, -0.15) is 0 Å². The summed E-state index contributed by atoms with van der Waals surface area (Å²) in [4.78, 5) is 6.14. The largest absolute Gasteiger partial charge is 0.411 e. The monoisotopic (exact) mass is 359 g/mol. The summed E-state index contributed by atoms with van der Waals surface area (Å²) in [5.41, 5.74) is 6.32. The normalized spacial score (nSPS) is 12.6. The van der Waals surface area contributed by atoms with Gasteiger partial charge in [0.1, 0.15) is 0 Å². The van der Waals surface area contributed by atoms with Crippen LogP contribution in [0.1, 0.15) is 34.6 Å². The van der Waals surface area contributed by atoms with E-state index in [0.29, 0.717) is 12.1 Å². The van der Waals surface area contributed by atoms with Gasteiger partial charge in [0.05, 0.1) is 5.71 Å². The van der Waals surface area contributed by atoms with Crippen molar-refractivity contribution in [2.24, 2.45) is 5.16 Å². The maximum Gasteiger partial charge on any atom is 0.0878 e. The van der Waals surface area contributed by atoms with Crippen LogP contribution in [0.4, 0.5) is 5.69 Å². The van der Waals surface area contributed by atoms with Crippen molar-refractivity contribution in [3.63, 3.8) is 0 Å². The maximum atomic E-state index is 9.64. The highest BCUT2D eigenvalue weighted by atomic mass is 16.4. The number of hydrogen-bond acceptors (Lipinski definition) is 4. The molecule has 1 heterocycles. The number of aromatic nitrogens is 1. The number of nitrogens with zero attached hydrogens (tertiary/aromatic N) is 3. The van der Waals surface area contributed by atoms with Crippen LogP contribution in [-0.4, -0.2) is 30.0 Å². The third kappa shape index (κ3) is 4.53. The first-order valence-electron chi connectivity index (χ1n) is 9.03.